The molecule has 0 bridgehead atoms. The lowest BCUT2D eigenvalue weighted by molar-refractivity contribution is -0.132. The van der Waals surface area contributed by atoms with E-state index in [-0.39, 0.29) is 15.7 Å². The van der Waals surface area contributed by atoms with Crippen LogP contribution in [-0.4, -0.2) is 11.5 Å². The SMILES string of the molecule is CC(=O)OS1(C(F)(F)F)C(C2CC2)=Cc2ccccc21. The maximum atomic E-state index is 13.8. The summed E-state index contributed by atoms with van der Waals surface area (Å²) in [7, 11) is -3.70. The molecule has 1 atom stereocenters. The zero-order chi connectivity index (χ0) is 14.5. The minimum atomic E-state index is -4.58. The van der Waals surface area contributed by atoms with E-state index in [0.717, 1.165) is 19.8 Å². The van der Waals surface area contributed by atoms with Crippen LogP contribution in [0.3, 0.4) is 0 Å². The van der Waals surface area contributed by atoms with Crippen LogP contribution in [0.25, 0.3) is 6.08 Å². The van der Waals surface area contributed by atoms with Crippen molar-refractivity contribution in [2.75, 3.05) is 0 Å². The van der Waals surface area contributed by atoms with E-state index in [1.54, 1.807) is 24.3 Å². The Morgan fingerprint density at radius 3 is 2.50 bits per heavy atom. The van der Waals surface area contributed by atoms with Crippen LogP contribution < -0.4 is 0 Å². The molecular weight excluding hydrogens is 289 g/mol. The Bertz CT molecular complexity index is 605. The van der Waals surface area contributed by atoms with E-state index >= 15 is 0 Å². The van der Waals surface area contributed by atoms with Gasteiger partial charge < -0.3 is 4.18 Å². The maximum absolute atomic E-state index is 13.8. The van der Waals surface area contributed by atoms with E-state index in [1.807, 2.05) is 0 Å². The van der Waals surface area contributed by atoms with Gasteiger partial charge in [0, 0.05) is 16.7 Å². The molecule has 0 amide bonds. The molecule has 0 N–H and O–H groups in total. The molecule has 1 unspecified atom stereocenters. The fourth-order valence-corrected chi connectivity index (χ4v) is 5.65. The summed E-state index contributed by atoms with van der Waals surface area (Å²) in [4.78, 5) is 11.7. The van der Waals surface area contributed by atoms with Crippen LogP contribution in [0.2, 0.25) is 0 Å². The lowest BCUT2D eigenvalue weighted by Gasteiger charge is -2.39. The van der Waals surface area contributed by atoms with Gasteiger partial charge in [0.1, 0.15) is 0 Å². The van der Waals surface area contributed by atoms with Gasteiger partial charge >= 0.3 is 11.5 Å². The zero-order valence-corrected chi connectivity index (χ0v) is 11.6. The van der Waals surface area contributed by atoms with Gasteiger partial charge in [-0.3, -0.25) is 4.79 Å². The smallest absolute Gasteiger partial charge is 0.399 e. The van der Waals surface area contributed by atoms with Gasteiger partial charge in [-0.25, -0.2) is 0 Å². The predicted molar refractivity (Wildman–Crippen MR) is 70.8 cm³/mol. The minimum absolute atomic E-state index is 0.101. The van der Waals surface area contributed by atoms with Crippen LogP contribution in [0.5, 0.6) is 0 Å². The second-order valence-corrected chi connectivity index (χ2v) is 7.59. The molecule has 1 fully saturated rings. The van der Waals surface area contributed by atoms with Crippen molar-refractivity contribution in [1.29, 1.82) is 0 Å². The Morgan fingerprint density at radius 2 is 1.95 bits per heavy atom. The summed E-state index contributed by atoms with van der Waals surface area (Å²) in [6.45, 7) is 1.03. The third kappa shape index (κ3) is 1.85. The maximum Gasteiger partial charge on any atom is 0.464 e. The fraction of sp³-hybridized carbons (Fsp3) is 0.357. The largest absolute Gasteiger partial charge is 0.464 e. The summed E-state index contributed by atoms with van der Waals surface area (Å²) in [5.41, 5.74) is -4.07. The number of rotatable bonds is 2. The molecule has 1 heterocycles. The van der Waals surface area contributed by atoms with Crippen LogP contribution in [0.4, 0.5) is 13.2 Å². The molecule has 2 aliphatic rings. The average Bonchev–Trinajstić information content (AvgIpc) is 3.12. The third-order valence-corrected chi connectivity index (χ3v) is 6.65. The number of benzene rings is 1. The zero-order valence-electron chi connectivity index (χ0n) is 10.7. The number of hydrogen-bond acceptors (Lipinski definition) is 2. The molecular formula is C14H13F3O2S. The van der Waals surface area contributed by atoms with E-state index in [4.69, 9.17) is 4.18 Å². The second-order valence-electron chi connectivity index (χ2n) is 4.94. The Balaban J connectivity index is 2.23. The first kappa shape index (κ1) is 13.5. The van der Waals surface area contributed by atoms with Gasteiger partial charge in [0.25, 0.3) is 0 Å². The molecule has 3 rings (SSSR count). The molecule has 2 nitrogen and oxygen atoms in total. The lowest BCUT2D eigenvalue weighted by Crippen LogP contribution is -2.25. The Labute approximate surface area is 116 Å². The standard InChI is InChI=1S/C14H13F3O2S/c1-9(18)19-20(14(15,16)17)12-5-3-2-4-11(12)8-13(20)10-6-7-10/h2-5,8,10H,6-7H2,1H3. The first-order chi connectivity index (χ1) is 9.36. The summed E-state index contributed by atoms with van der Waals surface area (Å²) < 4.78 is 46.4. The Hall–Kier alpha value is -1.43. The highest BCUT2D eigenvalue weighted by Gasteiger charge is 2.62. The van der Waals surface area contributed by atoms with E-state index in [1.165, 1.54) is 6.07 Å². The molecule has 1 aliphatic carbocycles. The first-order valence-corrected chi connectivity index (χ1v) is 7.82. The number of allylic oxidation sites excluding steroid dienone is 1. The molecule has 6 heteroatoms. The van der Waals surface area contributed by atoms with Crippen molar-refractivity contribution in [3.8, 4) is 0 Å². The van der Waals surface area contributed by atoms with Crippen LogP contribution in [-0.2, 0) is 8.98 Å². The minimum Gasteiger partial charge on any atom is -0.399 e. The van der Waals surface area contributed by atoms with E-state index in [9.17, 15) is 18.0 Å². The number of carbonyl (C=O) groups excluding carboxylic acids is 1. The lowest BCUT2D eigenvalue weighted by atomic mass is 10.2. The number of alkyl halides is 3. The molecule has 0 aromatic heterocycles. The van der Waals surface area contributed by atoms with Crippen molar-refractivity contribution >= 4 is 22.4 Å². The van der Waals surface area contributed by atoms with Crippen molar-refractivity contribution in [1.82, 2.24) is 0 Å². The topological polar surface area (TPSA) is 26.3 Å². The Kier molecular flexibility index (Phi) is 2.90. The number of fused-ring (bicyclic) bond motifs is 1. The molecule has 1 aliphatic heterocycles. The monoisotopic (exact) mass is 302 g/mol. The van der Waals surface area contributed by atoms with Crippen molar-refractivity contribution in [2.24, 2.45) is 5.92 Å². The predicted octanol–water partition coefficient (Wildman–Crippen LogP) is 4.61. The van der Waals surface area contributed by atoms with Crippen molar-refractivity contribution in [2.45, 2.75) is 30.2 Å². The summed E-state index contributed by atoms with van der Waals surface area (Å²) in [5, 5.41) is 0. The van der Waals surface area contributed by atoms with Crippen LogP contribution >= 0.6 is 10.3 Å². The molecule has 20 heavy (non-hydrogen) atoms. The highest BCUT2D eigenvalue weighted by atomic mass is 32.3. The number of halogens is 3. The quantitative estimate of drug-likeness (QED) is 0.797. The van der Waals surface area contributed by atoms with Gasteiger partial charge in [0.2, 0.25) is 0 Å². The summed E-state index contributed by atoms with van der Waals surface area (Å²) in [6, 6.07) is 6.31. The molecule has 108 valence electrons. The van der Waals surface area contributed by atoms with Gasteiger partial charge in [0.05, 0.1) is 10.3 Å². The summed E-state index contributed by atoms with van der Waals surface area (Å²) in [6.07, 6.45) is 3.02. The second kappa shape index (κ2) is 4.28. The van der Waals surface area contributed by atoms with Gasteiger partial charge in [-0.05, 0) is 36.5 Å². The van der Waals surface area contributed by atoms with E-state index < -0.39 is 21.8 Å². The average molecular weight is 302 g/mol. The fourth-order valence-electron chi connectivity index (χ4n) is 2.52. The van der Waals surface area contributed by atoms with Crippen LogP contribution in [0, 0.1) is 5.92 Å². The van der Waals surface area contributed by atoms with Crippen LogP contribution in [0.1, 0.15) is 25.3 Å². The Morgan fingerprint density at radius 1 is 1.30 bits per heavy atom. The van der Waals surface area contributed by atoms with E-state index in [2.05, 4.69) is 0 Å². The molecule has 0 saturated heterocycles. The molecule has 1 aromatic rings. The van der Waals surface area contributed by atoms with E-state index in [0.29, 0.717) is 5.56 Å². The molecule has 1 saturated carbocycles. The highest BCUT2D eigenvalue weighted by Crippen LogP contribution is 2.80. The van der Waals surface area contributed by atoms with Crippen LogP contribution in [0.15, 0.2) is 34.1 Å². The number of hydrogen-bond donors (Lipinski definition) is 0. The number of carbonyl (C=O) groups is 1. The highest BCUT2D eigenvalue weighted by molar-refractivity contribution is 8.34. The first-order valence-electron chi connectivity index (χ1n) is 6.26. The third-order valence-electron chi connectivity index (χ3n) is 3.41. The van der Waals surface area contributed by atoms with Crippen molar-refractivity contribution in [3.63, 3.8) is 0 Å². The summed E-state index contributed by atoms with van der Waals surface area (Å²) >= 11 is 0. The molecule has 0 radical (unpaired) electrons. The van der Waals surface area contributed by atoms with Crippen molar-refractivity contribution < 1.29 is 22.1 Å². The summed E-state index contributed by atoms with van der Waals surface area (Å²) in [5.74, 6) is -1.00. The molecule has 0 spiro atoms. The van der Waals surface area contributed by atoms with Gasteiger partial charge in [-0.2, -0.15) is 13.2 Å². The normalized spacial score (nSPS) is 28.3. The van der Waals surface area contributed by atoms with Gasteiger partial charge in [0.15, 0.2) is 0 Å². The van der Waals surface area contributed by atoms with Gasteiger partial charge in [-0.15, -0.1) is 0 Å². The molecule has 1 aromatic carbocycles. The van der Waals surface area contributed by atoms with Gasteiger partial charge in [-0.1, -0.05) is 18.2 Å². The van der Waals surface area contributed by atoms with Crippen molar-refractivity contribution in [3.05, 3.63) is 34.7 Å².